The maximum Gasteiger partial charge on any atom is 0.0765 e. The zero-order valence-corrected chi connectivity index (χ0v) is 39.6. The Labute approximate surface area is 410 Å². The maximum absolute atomic E-state index is 5.38. The van der Waals surface area contributed by atoms with E-state index in [0.717, 1.165) is 33.5 Å². The molecule has 7 heteroatoms. The molecule has 17 aromatic rings. The predicted octanol–water partition coefficient (Wildman–Crippen LogP) is 18.6. The van der Waals surface area contributed by atoms with E-state index >= 15 is 0 Å². The van der Waals surface area contributed by atoms with Crippen LogP contribution in [0.1, 0.15) is 0 Å². The summed E-state index contributed by atoms with van der Waals surface area (Å²) in [7, 11) is 0. The second-order valence-electron chi connectivity index (χ2n) is 18.6. The fraction of sp³-hybridized carbons (Fsp3) is 0. The molecule has 0 radical (unpaired) electrons. The molecule has 7 heterocycles. The molecular formula is C63H34N4S3. The lowest BCUT2D eigenvalue weighted by atomic mass is 10.1. The highest BCUT2D eigenvalue weighted by Crippen LogP contribution is 2.47. The summed E-state index contributed by atoms with van der Waals surface area (Å²) in [6.07, 6.45) is 2.02. The van der Waals surface area contributed by atoms with Crippen LogP contribution in [0.4, 0.5) is 0 Å². The topological polar surface area (TPSA) is 27.7 Å². The average Bonchev–Trinajstić information content (AvgIpc) is 4.25. The van der Waals surface area contributed by atoms with Gasteiger partial charge in [-0.05, 0) is 91.0 Å². The van der Waals surface area contributed by atoms with Gasteiger partial charge in [-0.2, -0.15) is 0 Å². The lowest BCUT2D eigenvalue weighted by Crippen LogP contribution is -2.04. The highest BCUT2D eigenvalue weighted by Gasteiger charge is 2.24. The van der Waals surface area contributed by atoms with Crippen LogP contribution in [0.2, 0.25) is 0 Å². The monoisotopic (exact) mass is 942 g/mol. The first-order valence-corrected chi connectivity index (χ1v) is 26.1. The highest BCUT2D eigenvalue weighted by molar-refractivity contribution is 7.26. The number of rotatable bonds is 3. The number of para-hydroxylation sites is 3. The van der Waals surface area contributed by atoms with E-state index in [1.165, 1.54) is 120 Å². The molecule has 0 N–H and O–H groups in total. The fourth-order valence-corrected chi connectivity index (χ4v) is 15.4. The molecule has 0 saturated carbocycles. The van der Waals surface area contributed by atoms with Crippen LogP contribution < -0.4 is 0 Å². The van der Waals surface area contributed by atoms with Crippen molar-refractivity contribution in [2.45, 2.75) is 0 Å². The van der Waals surface area contributed by atoms with Gasteiger partial charge in [-0.15, -0.1) is 34.0 Å². The minimum absolute atomic E-state index is 0.932. The van der Waals surface area contributed by atoms with Crippen LogP contribution in [-0.2, 0) is 0 Å². The molecule has 0 bridgehead atoms. The van der Waals surface area contributed by atoms with Gasteiger partial charge in [0.2, 0.25) is 0 Å². The first-order valence-electron chi connectivity index (χ1n) is 23.7. The Morgan fingerprint density at radius 3 is 1.13 bits per heavy atom. The minimum atomic E-state index is 0.932. The standard InChI is InChI=1S/C63H34N4S3/c1-7-19-49-36(13-1)42-29-45-39-16-4-10-22-57(39)68-60(45)32-53(42)65(49)35-27-48-63(56(28-35)67-51-21-9-3-15-38(51)44-31-47-41-18-6-12-24-59(41)70-62(47)34-55(44)67)52(25-26-64-48)66-50-20-8-2-14-37(50)43-30-46-40-17-5-11-23-58(40)69-61(46)33-54(43)66/h1-34H. The number of fused-ring (bicyclic) bond motifs is 19. The SMILES string of the molecule is c1ccc2c(c1)sc1cc3c(cc12)c1ccccc1n3-c1cc(-n2c3ccccc3c3cc4c(cc32)sc2ccccc24)c2c(-n3c4ccccc4c4cc5c(cc43)sc3ccccc35)ccnc2c1. The predicted molar refractivity (Wildman–Crippen MR) is 303 cm³/mol. The van der Waals surface area contributed by atoms with E-state index in [1.54, 1.807) is 0 Å². The molecule has 10 aromatic carbocycles. The van der Waals surface area contributed by atoms with Gasteiger partial charge < -0.3 is 13.7 Å². The average molecular weight is 943 g/mol. The minimum Gasteiger partial charge on any atom is -0.309 e. The van der Waals surface area contributed by atoms with Crippen molar-refractivity contribution >= 4 is 171 Å². The van der Waals surface area contributed by atoms with Crippen molar-refractivity contribution in [1.29, 1.82) is 0 Å². The molecule has 0 aliphatic carbocycles. The number of hydrogen-bond acceptors (Lipinski definition) is 4. The lowest BCUT2D eigenvalue weighted by Gasteiger charge is -2.19. The zero-order valence-electron chi connectivity index (χ0n) is 37.1. The lowest BCUT2D eigenvalue weighted by molar-refractivity contribution is 1.13. The van der Waals surface area contributed by atoms with Gasteiger partial charge in [-0.1, -0.05) is 109 Å². The van der Waals surface area contributed by atoms with Crippen LogP contribution in [0.15, 0.2) is 206 Å². The number of aromatic nitrogens is 4. The molecule has 0 aliphatic heterocycles. The van der Waals surface area contributed by atoms with Gasteiger partial charge in [-0.3, -0.25) is 4.98 Å². The second kappa shape index (κ2) is 13.7. The number of pyridine rings is 1. The van der Waals surface area contributed by atoms with Crippen molar-refractivity contribution in [3.05, 3.63) is 206 Å². The van der Waals surface area contributed by atoms with Gasteiger partial charge in [0.1, 0.15) is 0 Å². The summed E-state index contributed by atoms with van der Waals surface area (Å²) in [6, 6.07) is 74.9. The Morgan fingerprint density at radius 1 is 0.271 bits per heavy atom. The van der Waals surface area contributed by atoms with Crippen molar-refractivity contribution in [3.8, 4) is 17.1 Å². The Morgan fingerprint density at radius 2 is 0.657 bits per heavy atom. The molecule has 17 rings (SSSR count). The van der Waals surface area contributed by atoms with Crippen molar-refractivity contribution < 1.29 is 0 Å². The Hall–Kier alpha value is -8.33. The third kappa shape index (κ3) is 4.95. The molecule has 0 unspecified atom stereocenters. The number of benzene rings is 10. The summed E-state index contributed by atoms with van der Waals surface area (Å²) < 4.78 is 15.3. The van der Waals surface area contributed by atoms with Gasteiger partial charge in [0.05, 0.1) is 55.7 Å². The maximum atomic E-state index is 5.38. The van der Waals surface area contributed by atoms with Gasteiger partial charge in [0.15, 0.2) is 0 Å². The van der Waals surface area contributed by atoms with Gasteiger partial charge in [0.25, 0.3) is 0 Å². The Kier molecular flexibility index (Phi) is 7.35. The van der Waals surface area contributed by atoms with Gasteiger partial charge in [0, 0.05) is 104 Å². The number of hydrogen-bond donors (Lipinski definition) is 0. The highest BCUT2D eigenvalue weighted by atomic mass is 32.1. The van der Waals surface area contributed by atoms with E-state index in [0.29, 0.717) is 0 Å². The van der Waals surface area contributed by atoms with Crippen LogP contribution in [0, 0.1) is 0 Å². The van der Waals surface area contributed by atoms with Crippen LogP contribution in [0.3, 0.4) is 0 Å². The summed E-state index contributed by atoms with van der Waals surface area (Å²) in [5.41, 5.74) is 11.2. The third-order valence-corrected chi connectivity index (χ3v) is 18.4. The van der Waals surface area contributed by atoms with Crippen LogP contribution in [0.25, 0.3) is 154 Å². The normalized spacial score (nSPS) is 12.6. The van der Waals surface area contributed by atoms with E-state index in [4.69, 9.17) is 4.98 Å². The van der Waals surface area contributed by atoms with Crippen LogP contribution >= 0.6 is 34.0 Å². The van der Waals surface area contributed by atoms with Crippen LogP contribution in [0.5, 0.6) is 0 Å². The molecule has 324 valence electrons. The third-order valence-electron chi connectivity index (χ3n) is 15.0. The van der Waals surface area contributed by atoms with E-state index in [1.807, 2.05) is 40.2 Å². The second-order valence-corrected chi connectivity index (χ2v) is 21.9. The first kappa shape index (κ1) is 37.6. The molecule has 0 spiro atoms. The molecule has 0 aliphatic rings. The molecule has 4 nitrogen and oxygen atoms in total. The summed E-state index contributed by atoms with van der Waals surface area (Å²) >= 11 is 5.62. The van der Waals surface area contributed by atoms with E-state index in [2.05, 4.69) is 214 Å². The molecule has 0 saturated heterocycles. The van der Waals surface area contributed by atoms with Crippen molar-refractivity contribution in [2.75, 3.05) is 0 Å². The first-order chi connectivity index (χ1) is 34.7. The summed E-state index contributed by atoms with van der Waals surface area (Å²) in [6.45, 7) is 0. The molecule has 0 atom stereocenters. The van der Waals surface area contributed by atoms with Gasteiger partial charge >= 0.3 is 0 Å². The van der Waals surface area contributed by atoms with Crippen molar-refractivity contribution in [3.63, 3.8) is 0 Å². The smallest absolute Gasteiger partial charge is 0.0765 e. The van der Waals surface area contributed by atoms with E-state index in [-0.39, 0.29) is 0 Å². The Bertz CT molecular complexity index is 5150. The van der Waals surface area contributed by atoms with Crippen molar-refractivity contribution in [1.82, 2.24) is 18.7 Å². The van der Waals surface area contributed by atoms with Gasteiger partial charge in [-0.25, -0.2) is 0 Å². The molecule has 7 aromatic heterocycles. The summed E-state index contributed by atoms with van der Waals surface area (Å²) in [5.74, 6) is 0. The summed E-state index contributed by atoms with van der Waals surface area (Å²) in [4.78, 5) is 5.38. The van der Waals surface area contributed by atoms with E-state index < -0.39 is 0 Å². The number of nitrogens with zero attached hydrogens (tertiary/aromatic N) is 4. The quantitative estimate of drug-likeness (QED) is 0.173. The zero-order chi connectivity index (χ0) is 45.3. The number of thiophene rings is 3. The molecule has 0 fully saturated rings. The Balaban J connectivity index is 1.04. The fourth-order valence-electron chi connectivity index (χ4n) is 12.1. The molecule has 70 heavy (non-hydrogen) atoms. The van der Waals surface area contributed by atoms with Crippen LogP contribution in [-0.4, -0.2) is 18.7 Å². The largest absolute Gasteiger partial charge is 0.309 e. The molecular weight excluding hydrogens is 909 g/mol. The van der Waals surface area contributed by atoms with E-state index in [9.17, 15) is 0 Å². The summed E-state index contributed by atoms with van der Waals surface area (Å²) in [5, 5.41) is 16.4. The van der Waals surface area contributed by atoms with Crippen molar-refractivity contribution in [2.24, 2.45) is 0 Å². The molecule has 0 amide bonds.